The highest BCUT2D eigenvalue weighted by molar-refractivity contribution is 7.15. The normalized spacial score (nSPS) is 15.4. The first-order valence-electron chi connectivity index (χ1n) is 10.4. The Morgan fingerprint density at radius 3 is 2.78 bits per heavy atom. The van der Waals surface area contributed by atoms with Crippen LogP contribution in [0.5, 0.6) is 5.75 Å². The molecular formula is C24H21N3O4S. The number of carbonyl (C=O) groups excluding carboxylic acids is 1. The molecular weight excluding hydrogens is 426 g/mol. The van der Waals surface area contributed by atoms with Gasteiger partial charge in [-0.3, -0.25) is 14.5 Å². The Balaban J connectivity index is 1.77. The summed E-state index contributed by atoms with van der Waals surface area (Å²) in [6.45, 7) is 3.98. The van der Waals surface area contributed by atoms with Crippen LogP contribution in [0.3, 0.4) is 0 Å². The predicted molar refractivity (Wildman–Crippen MR) is 123 cm³/mol. The zero-order chi connectivity index (χ0) is 22.4. The highest BCUT2D eigenvalue weighted by Crippen LogP contribution is 2.42. The van der Waals surface area contributed by atoms with Crippen molar-refractivity contribution in [2.75, 3.05) is 12.0 Å². The van der Waals surface area contributed by atoms with E-state index in [9.17, 15) is 9.59 Å². The molecule has 2 aromatic carbocycles. The van der Waals surface area contributed by atoms with Crippen molar-refractivity contribution in [2.24, 2.45) is 0 Å². The van der Waals surface area contributed by atoms with E-state index in [1.54, 1.807) is 19.2 Å². The number of fused-ring (bicyclic) bond motifs is 2. The van der Waals surface area contributed by atoms with Crippen molar-refractivity contribution in [2.45, 2.75) is 32.7 Å². The van der Waals surface area contributed by atoms with Gasteiger partial charge in [0.2, 0.25) is 10.9 Å². The van der Waals surface area contributed by atoms with Crippen molar-refractivity contribution in [1.82, 2.24) is 10.2 Å². The summed E-state index contributed by atoms with van der Waals surface area (Å²) in [5.41, 5.74) is 2.17. The third-order valence-corrected chi connectivity index (χ3v) is 6.54. The number of amides is 1. The lowest BCUT2D eigenvalue weighted by atomic mass is 9.98. The highest BCUT2D eigenvalue weighted by atomic mass is 32.1. The van der Waals surface area contributed by atoms with Gasteiger partial charge in [0.1, 0.15) is 16.3 Å². The fourth-order valence-corrected chi connectivity index (χ4v) is 5.03. The molecule has 2 aromatic heterocycles. The number of nitrogens with zero attached hydrogens (tertiary/aromatic N) is 3. The summed E-state index contributed by atoms with van der Waals surface area (Å²) in [6.07, 6.45) is 1.70. The van der Waals surface area contributed by atoms with Gasteiger partial charge in [-0.1, -0.05) is 42.0 Å². The number of ether oxygens (including phenoxy) is 1. The Labute approximate surface area is 188 Å². The van der Waals surface area contributed by atoms with Gasteiger partial charge in [0, 0.05) is 6.42 Å². The predicted octanol–water partition coefficient (Wildman–Crippen LogP) is 4.66. The molecule has 1 unspecified atom stereocenters. The van der Waals surface area contributed by atoms with Crippen molar-refractivity contribution >= 4 is 33.3 Å². The van der Waals surface area contributed by atoms with Gasteiger partial charge in [-0.05, 0) is 43.2 Å². The summed E-state index contributed by atoms with van der Waals surface area (Å²) in [6, 6.07) is 12.1. The van der Waals surface area contributed by atoms with Crippen LogP contribution in [0.4, 0.5) is 5.13 Å². The number of anilines is 1. The smallest absolute Gasteiger partial charge is 0.297 e. The van der Waals surface area contributed by atoms with Crippen molar-refractivity contribution in [3.63, 3.8) is 0 Å². The number of benzene rings is 2. The largest absolute Gasteiger partial charge is 0.497 e. The molecule has 0 bridgehead atoms. The quantitative estimate of drug-likeness (QED) is 0.442. The van der Waals surface area contributed by atoms with Gasteiger partial charge in [-0.2, -0.15) is 0 Å². The monoisotopic (exact) mass is 447 g/mol. The summed E-state index contributed by atoms with van der Waals surface area (Å²) in [5, 5.41) is 10.3. The Kier molecular flexibility index (Phi) is 5.01. The topological polar surface area (TPSA) is 85.5 Å². The van der Waals surface area contributed by atoms with E-state index in [2.05, 4.69) is 17.1 Å². The van der Waals surface area contributed by atoms with Gasteiger partial charge in [0.15, 0.2) is 5.43 Å². The van der Waals surface area contributed by atoms with Gasteiger partial charge < -0.3 is 9.15 Å². The molecule has 1 amide bonds. The molecule has 162 valence electrons. The molecule has 1 aliphatic heterocycles. The number of aromatic nitrogens is 2. The van der Waals surface area contributed by atoms with Gasteiger partial charge in [0.25, 0.3) is 5.91 Å². The van der Waals surface area contributed by atoms with E-state index >= 15 is 0 Å². The van der Waals surface area contributed by atoms with Crippen molar-refractivity contribution in [3.05, 3.63) is 80.1 Å². The molecule has 8 heteroatoms. The Hall–Kier alpha value is -3.52. The van der Waals surface area contributed by atoms with Crippen LogP contribution in [0.15, 0.2) is 51.7 Å². The third-order valence-electron chi connectivity index (χ3n) is 5.56. The average molecular weight is 448 g/mol. The van der Waals surface area contributed by atoms with Crippen LogP contribution in [0.25, 0.3) is 11.0 Å². The number of hydrogen-bond acceptors (Lipinski definition) is 7. The maximum atomic E-state index is 13.6. The first-order chi connectivity index (χ1) is 15.5. The van der Waals surface area contributed by atoms with E-state index in [1.165, 1.54) is 16.2 Å². The van der Waals surface area contributed by atoms with Crippen molar-refractivity contribution < 1.29 is 13.9 Å². The Morgan fingerprint density at radius 2 is 2.00 bits per heavy atom. The van der Waals surface area contributed by atoms with E-state index in [-0.39, 0.29) is 11.2 Å². The van der Waals surface area contributed by atoms with Crippen LogP contribution in [0.2, 0.25) is 0 Å². The van der Waals surface area contributed by atoms with E-state index in [0.717, 1.165) is 29.0 Å². The zero-order valence-corrected chi connectivity index (χ0v) is 18.7. The number of carbonyl (C=O) groups is 1. The van der Waals surface area contributed by atoms with Crippen LogP contribution >= 0.6 is 11.3 Å². The summed E-state index contributed by atoms with van der Waals surface area (Å²) in [5.74, 6) is 0.284. The summed E-state index contributed by atoms with van der Waals surface area (Å²) in [7, 11) is 1.58. The second-order valence-electron chi connectivity index (χ2n) is 7.76. The van der Waals surface area contributed by atoms with Gasteiger partial charge in [-0.15, -0.1) is 10.2 Å². The first kappa shape index (κ1) is 20.4. The Morgan fingerprint density at radius 1 is 1.16 bits per heavy atom. The maximum Gasteiger partial charge on any atom is 0.297 e. The lowest BCUT2D eigenvalue weighted by Gasteiger charge is -2.22. The van der Waals surface area contributed by atoms with Gasteiger partial charge in [-0.25, -0.2) is 0 Å². The molecule has 0 fully saturated rings. The zero-order valence-electron chi connectivity index (χ0n) is 17.9. The SMILES string of the molecule is CCCc1nnc(N2C(=O)c3oc4ccc(C)cc4c(=O)c3C2c2cccc(OC)c2)s1. The van der Waals surface area contributed by atoms with E-state index in [0.29, 0.717) is 27.4 Å². The summed E-state index contributed by atoms with van der Waals surface area (Å²) < 4.78 is 11.4. The third kappa shape index (κ3) is 3.18. The summed E-state index contributed by atoms with van der Waals surface area (Å²) >= 11 is 1.36. The van der Waals surface area contributed by atoms with Crippen molar-refractivity contribution in [3.8, 4) is 5.75 Å². The van der Waals surface area contributed by atoms with Crippen LogP contribution < -0.4 is 15.1 Å². The molecule has 0 radical (unpaired) electrons. The molecule has 0 N–H and O–H groups in total. The summed E-state index contributed by atoms with van der Waals surface area (Å²) in [4.78, 5) is 28.7. The fourth-order valence-electron chi connectivity index (χ4n) is 4.07. The molecule has 0 saturated heterocycles. The van der Waals surface area contributed by atoms with Crippen LogP contribution in [0.1, 0.15) is 51.6 Å². The van der Waals surface area contributed by atoms with Gasteiger partial charge >= 0.3 is 0 Å². The molecule has 0 aliphatic carbocycles. The van der Waals surface area contributed by atoms with E-state index in [1.807, 2.05) is 37.3 Å². The molecule has 1 aliphatic rings. The fraction of sp³-hybridized carbons (Fsp3) is 0.250. The van der Waals surface area contributed by atoms with E-state index < -0.39 is 11.9 Å². The van der Waals surface area contributed by atoms with E-state index in [4.69, 9.17) is 9.15 Å². The Bertz CT molecular complexity index is 1410. The van der Waals surface area contributed by atoms with Crippen LogP contribution in [-0.4, -0.2) is 23.2 Å². The number of aryl methyl sites for hydroxylation is 2. The highest BCUT2D eigenvalue weighted by Gasteiger charge is 2.45. The van der Waals surface area contributed by atoms with Crippen LogP contribution in [-0.2, 0) is 6.42 Å². The molecule has 7 nitrogen and oxygen atoms in total. The van der Waals surface area contributed by atoms with Crippen molar-refractivity contribution in [1.29, 1.82) is 0 Å². The molecule has 32 heavy (non-hydrogen) atoms. The minimum atomic E-state index is -0.684. The lowest BCUT2D eigenvalue weighted by molar-refractivity contribution is 0.0970. The molecule has 1 atom stereocenters. The standard InChI is InChI=1S/C24H21N3O4S/c1-4-6-18-25-26-24(32-18)27-20(14-7-5-8-15(12-14)30-3)19-21(28)16-11-13(2)9-10-17(16)31-22(19)23(27)29/h5,7-12,20H,4,6H2,1-3H3. The molecule has 0 spiro atoms. The molecule has 4 aromatic rings. The number of rotatable bonds is 5. The number of hydrogen-bond donors (Lipinski definition) is 0. The van der Waals surface area contributed by atoms with Gasteiger partial charge in [0.05, 0.1) is 24.1 Å². The minimum absolute atomic E-state index is 0.0476. The van der Waals surface area contributed by atoms with Crippen LogP contribution in [0, 0.1) is 6.92 Å². The average Bonchev–Trinajstić information content (AvgIpc) is 3.37. The second-order valence-corrected chi connectivity index (χ2v) is 8.80. The number of methoxy groups -OCH3 is 1. The lowest BCUT2D eigenvalue weighted by Crippen LogP contribution is -2.29. The second kappa shape index (κ2) is 7.87. The molecule has 0 saturated carbocycles. The minimum Gasteiger partial charge on any atom is -0.497 e. The maximum absolute atomic E-state index is 13.6. The molecule has 5 rings (SSSR count). The first-order valence-corrected chi connectivity index (χ1v) is 11.2. The molecule has 3 heterocycles.